The Balaban J connectivity index is 2.22. The van der Waals surface area contributed by atoms with E-state index in [0.717, 1.165) is 18.4 Å². The number of nitrogens with one attached hydrogen (secondary N) is 1. The lowest BCUT2D eigenvalue weighted by molar-refractivity contribution is -0.169. The maximum Gasteiger partial charge on any atom is 0.363 e. The number of nitrogens with zero attached hydrogens (tertiary/aromatic N) is 3. The number of carbonyl (C=O) groups excluding carboxylic acids is 4. The Morgan fingerprint density at radius 2 is 2.06 bits per heavy atom. The minimum atomic E-state index is -5.17. The zero-order valence-corrected chi connectivity index (χ0v) is 17.6. The second-order valence-electron chi connectivity index (χ2n) is 5.61. The van der Waals surface area contributed by atoms with E-state index in [1.807, 2.05) is 0 Å². The summed E-state index contributed by atoms with van der Waals surface area (Å²) in [6, 6.07) is -3.74. The Bertz CT molecular complexity index is 1020. The van der Waals surface area contributed by atoms with Gasteiger partial charge in [-0.2, -0.15) is 12.7 Å². The zero-order valence-electron chi connectivity index (χ0n) is 16.0. The van der Waals surface area contributed by atoms with Crippen molar-refractivity contribution in [2.45, 2.75) is 19.0 Å². The number of oxime groups is 1. The number of nitrogens with two attached hydrogens (primary N) is 1. The quantitative estimate of drug-likeness (QED) is 0.112. The summed E-state index contributed by atoms with van der Waals surface area (Å²) < 4.78 is 41.1. The number of anilines is 1. The summed E-state index contributed by atoms with van der Waals surface area (Å²) in [7, 11) is -4.04. The molecule has 2 rings (SSSR count). The lowest BCUT2D eigenvalue weighted by Gasteiger charge is -2.42. The summed E-state index contributed by atoms with van der Waals surface area (Å²) >= 11 is 0.982. The third-order valence-corrected chi connectivity index (χ3v) is 5.21. The minimum Gasteiger partial charge on any atom is -0.463 e. The second kappa shape index (κ2) is 9.67. The number of esters is 2. The molecular weight excluding hydrogens is 462 g/mol. The molecule has 170 valence electrons. The number of hydrogen-bond donors (Lipinski definition) is 3. The summed E-state index contributed by atoms with van der Waals surface area (Å²) in [5, 5.41) is 7.05. The van der Waals surface area contributed by atoms with Gasteiger partial charge in [-0.25, -0.2) is 14.6 Å². The zero-order chi connectivity index (χ0) is 23.3. The van der Waals surface area contributed by atoms with Gasteiger partial charge in [0, 0.05) is 5.38 Å². The predicted octanol–water partition coefficient (Wildman–Crippen LogP) is -2.32. The number of thiazole rings is 1. The van der Waals surface area contributed by atoms with Crippen LogP contribution in [0.2, 0.25) is 0 Å². The van der Waals surface area contributed by atoms with Crippen molar-refractivity contribution in [1.82, 2.24) is 14.6 Å². The Hall–Kier alpha value is -3.31. The van der Waals surface area contributed by atoms with Gasteiger partial charge >= 0.3 is 22.2 Å². The van der Waals surface area contributed by atoms with Crippen LogP contribution in [-0.2, 0) is 43.8 Å². The topological polar surface area (TPSA) is 217 Å². The van der Waals surface area contributed by atoms with Crippen LogP contribution < -0.4 is 11.1 Å². The molecule has 0 aliphatic carbocycles. The molecule has 0 spiro atoms. The highest BCUT2D eigenvalue weighted by Gasteiger charge is 2.59. The third-order valence-electron chi connectivity index (χ3n) is 3.63. The monoisotopic (exact) mass is 479 g/mol. The van der Waals surface area contributed by atoms with E-state index >= 15 is 0 Å². The van der Waals surface area contributed by atoms with Crippen molar-refractivity contribution in [2.24, 2.45) is 5.16 Å². The lowest BCUT2D eigenvalue weighted by atomic mass is 9.98. The van der Waals surface area contributed by atoms with E-state index in [1.54, 1.807) is 0 Å². The van der Waals surface area contributed by atoms with Gasteiger partial charge < -0.3 is 25.4 Å². The van der Waals surface area contributed by atoms with E-state index < -0.39 is 58.5 Å². The van der Waals surface area contributed by atoms with E-state index in [4.69, 9.17) is 5.73 Å². The molecule has 1 aromatic heterocycles. The Morgan fingerprint density at radius 1 is 1.39 bits per heavy atom. The number of nitrogen functional groups attached to an aromatic ring is 1. The molecule has 17 heteroatoms. The molecule has 1 aliphatic heterocycles. The highest BCUT2D eigenvalue weighted by molar-refractivity contribution is 7.84. The first kappa shape index (κ1) is 24.0. The number of ether oxygens (including phenoxy) is 2. The molecule has 1 aliphatic rings. The normalized spacial score (nSPS) is 18.7. The molecule has 0 saturated carbocycles. The number of amides is 2. The summed E-state index contributed by atoms with van der Waals surface area (Å²) in [6.07, 6.45) is 0. The molecule has 0 unspecified atom stereocenters. The number of carbonyl (C=O) groups is 4. The number of hydrogen-bond acceptors (Lipinski definition) is 13. The first-order valence-electron chi connectivity index (χ1n) is 8.27. The van der Waals surface area contributed by atoms with Gasteiger partial charge in [0.15, 0.2) is 23.5 Å². The standard InChI is InChI=1S/C14H17N5O10S2/c1-3-28-7(20)4-29-13(23)10-9(12(22)19(10)31(24,25)26)17-11(21)8(18-27-2)6-5-30-14(15)16-6/h5,9-10H,3-4H2,1-2H3,(H2,15,16)(H,17,21)(H,24,25,26)/b18-8-/t9-,10-/m1/s1. The Kier molecular flexibility index (Phi) is 7.47. The summed E-state index contributed by atoms with van der Waals surface area (Å²) in [5.41, 5.74) is 5.07. The van der Waals surface area contributed by atoms with Crippen molar-refractivity contribution >= 4 is 56.2 Å². The average molecular weight is 479 g/mol. The van der Waals surface area contributed by atoms with Gasteiger partial charge in [-0.3, -0.25) is 14.1 Å². The minimum absolute atomic E-state index is 0.00311. The van der Waals surface area contributed by atoms with Crippen LogP contribution in [-0.4, -0.2) is 84.1 Å². The highest BCUT2D eigenvalue weighted by Crippen LogP contribution is 2.25. The molecule has 0 radical (unpaired) electrons. The lowest BCUT2D eigenvalue weighted by Crippen LogP contribution is -2.75. The molecular formula is C14H17N5O10S2. The molecule has 31 heavy (non-hydrogen) atoms. The molecule has 1 saturated heterocycles. The Labute approximate surface area is 179 Å². The fraction of sp³-hybridized carbons (Fsp3) is 0.429. The molecule has 15 nitrogen and oxygen atoms in total. The number of β-lactam (4-membered cyclic amide) rings is 1. The van der Waals surface area contributed by atoms with Gasteiger partial charge in [-0.05, 0) is 6.92 Å². The van der Waals surface area contributed by atoms with Crippen LogP contribution in [0.3, 0.4) is 0 Å². The van der Waals surface area contributed by atoms with Crippen LogP contribution in [0.5, 0.6) is 0 Å². The average Bonchev–Trinajstić information content (AvgIpc) is 3.11. The molecule has 2 heterocycles. The van der Waals surface area contributed by atoms with Gasteiger partial charge in [0.1, 0.15) is 18.8 Å². The van der Waals surface area contributed by atoms with Gasteiger partial charge in [0.05, 0.1) is 6.61 Å². The fourth-order valence-corrected chi connectivity index (χ4v) is 3.80. The van der Waals surface area contributed by atoms with E-state index in [0.29, 0.717) is 0 Å². The van der Waals surface area contributed by atoms with Crippen molar-refractivity contribution < 1.29 is 46.5 Å². The molecule has 0 aromatic carbocycles. The molecule has 0 bridgehead atoms. The van der Waals surface area contributed by atoms with Crippen molar-refractivity contribution in [1.29, 1.82) is 0 Å². The predicted molar refractivity (Wildman–Crippen MR) is 102 cm³/mol. The molecule has 2 amide bonds. The summed E-state index contributed by atoms with van der Waals surface area (Å²) in [6.45, 7) is 0.619. The fourth-order valence-electron chi connectivity index (χ4n) is 2.41. The second-order valence-corrected chi connectivity index (χ2v) is 7.79. The largest absolute Gasteiger partial charge is 0.463 e. The van der Waals surface area contributed by atoms with E-state index in [1.165, 1.54) is 12.3 Å². The van der Waals surface area contributed by atoms with Gasteiger partial charge in [-0.15, -0.1) is 11.3 Å². The summed E-state index contributed by atoms with van der Waals surface area (Å²) in [4.78, 5) is 56.8. The van der Waals surface area contributed by atoms with E-state index in [2.05, 4.69) is 29.8 Å². The number of rotatable bonds is 9. The van der Waals surface area contributed by atoms with Gasteiger partial charge in [-0.1, -0.05) is 5.16 Å². The van der Waals surface area contributed by atoms with Crippen LogP contribution in [0, 0.1) is 0 Å². The first-order chi connectivity index (χ1) is 14.5. The van der Waals surface area contributed by atoms with Gasteiger partial charge in [0.25, 0.3) is 11.8 Å². The molecule has 1 fully saturated rings. The van der Waals surface area contributed by atoms with Crippen molar-refractivity contribution in [3.05, 3.63) is 11.1 Å². The van der Waals surface area contributed by atoms with Crippen LogP contribution in [0.1, 0.15) is 12.6 Å². The van der Waals surface area contributed by atoms with E-state index in [-0.39, 0.29) is 21.7 Å². The maximum atomic E-state index is 12.6. The molecule has 2 atom stereocenters. The number of aromatic nitrogens is 1. The van der Waals surface area contributed by atoms with Crippen molar-refractivity contribution in [3.63, 3.8) is 0 Å². The third kappa shape index (κ3) is 5.44. The van der Waals surface area contributed by atoms with Crippen LogP contribution in [0.25, 0.3) is 0 Å². The highest BCUT2D eigenvalue weighted by atomic mass is 32.2. The van der Waals surface area contributed by atoms with Crippen LogP contribution in [0.4, 0.5) is 5.13 Å². The molecule has 1 aromatic rings. The smallest absolute Gasteiger partial charge is 0.363 e. The van der Waals surface area contributed by atoms with Gasteiger partial charge in [0.2, 0.25) is 0 Å². The molecule has 4 N–H and O–H groups in total. The van der Waals surface area contributed by atoms with E-state index in [9.17, 15) is 32.1 Å². The van der Waals surface area contributed by atoms with Crippen molar-refractivity contribution in [2.75, 3.05) is 26.1 Å². The maximum absolute atomic E-state index is 12.6. The van der Waals surface area contributed by atoms with Crippen molar-refractivity contribution in [3.8, 4) is 0 Å². The Morgan fingerprint density at radius 3 is 2.58 bits per heavy atom. The summed E-state index contributed by atoms with van der Waals surface area (Å²) in [5.74, 6) is -4.72. The van der Waals surface area contributed by atoms with Crippen LogP contribution in [0.15, 0.2) is 10.5 Å². The first-order valence-corrected chi connectivity index (χ1v) is 10.5. The van der Waals surface area contributed by atoms with Crippen LogP contribution >= 0.6 is 11.3 Å². The SMILES string of the molecule is CCOC(=O)COC(=O)[C@H]1[C@@H](NC(=O)/C(=N\OC)c2csc(N)n2)C(=O)N1S(=O)(=O)O.